The summed E-state index contributed by atoms with van der Waals surface area (Å²) in [7, 11) is 1.48. The highest BCUT2D eigenvalue weighted by molar-refractivity contribution is 6.32. The number of carboxylic acids is 1. The van der Waals surface area contributed by atoms with Crippen LogP contribution in [-0.4, -0.2) is 198 Å². The minimum Gasteiger partial charge on any atom is -0.508 e. The zero-order chi connectivity index (χ0) is 90.0. The fourth-order valence-electron chi connectivity index (χ4n) is 15.6. The average Bonchev–Trinajstić information content (AvgIpc) is 0.765. The first kappa shape index (κ1) is 93.0. The third-order valence-corrected chi connectivity index (χ3v) is 23.0. The summed E-state index contributed by atoms with van der Waals surface area (Å²) in [4.78, 5) is 118. The molecule has 35 nitrogen and oxygen atoms in total. The maximum Gasteiger partial charge on any atom is 0.330 e. The van der Waals surface area contributed by atoms with E-state index in [1.165, 1.54) is 19.2 Å². The number of hydrogen-bond acceptors (Lipinski definition) is 27. The van der Waals surface area contributed by atoms with E-state index >= 15 is 24.0 Å². The number of benzene rings is 7. The number of aliphatic hydroxyl groups is 6. The van der Waals surface area contributed by atoms with Crippen molar-refractivity contribution in [2.24, 2.45) is 11.7 Å². The Balaban J connectivity index is 1.00. The summed E-state index contributed by atoms with van der Waals surface area (Å²) in [6.45, 7) is 8.92. The molecule has 20 N–H and O–H groups in total. The topological polar surface area (TPSA) is 535 Å². The van der Waals surface area contributed by atoms with Crippen molar-refractivity contribution in [3.8, 4) is 68.6 Å². The zero-order valence-electron chi connectivity index (χ0n) is 69.0. The number of hydrogen-bond donors (Lipinski definition) is 19. The quantitative estimate of drug-likeness (QED) is 0.0253. The number of carboxylic acid groups (broad SMARTS) is 1. The van der Waals surface area contributed by atoms with Gasteiger partial charge in [0.1, 0.15) is 96.1 Å². The number of phenolic OH excluding ortho intramolecular Hbond substituents is 3. The molecule has 7 amide bonds. The monoisotopic (exact) mass is 1770 g/mol. The number of carbonyl (C=O) groups is 8. The largest absolute Gasteiger partial charge is 0.508 e. The summed E-state index contributed by atoms with van der Waals surface area (Å²) in [5.74, 6) is -15.1. The molecule has 7 aliphatic rings. The number of fused-ring (bicyclic) bond motifs is 15. The molecule has 7 aromatic rings. The first-order chi connectivity index (χ1) is 59.6. The summed E-state index contributed by atoms with van der Waals surface area (Å²) in [6, 6.07) is 14.5. The molecule has 2 fully saturated rings. The van der Waals surface area contributed by atoms with Crippen molar-refractivity contribution >= 4 is 70.5 Å². The number of carbonyl (C=O) groups excluding carboxylic acids is 7. The van der Waals surface area contributed by atoms with Crippen LogP contribution >= 0.6 is 23.2 Å². The zero-order valence-corrected chi connectivity index (χ0v) is 70.6. The molecule has 0 unspecified atom stereocenters. The molecule has 2 saturated heterocycles. The fraction of sp³-hybridized carbons (Fsp3) is 0.432. The van der Waals surface area contributed by atoms with Crippen molar-refractivity contribution in [1.82, 2.24) is 42.5 Å². The lowest BCUT2D eigenvalue weighted by Crippen LogP contribution is -2.65. The first-order valence-electron chi connectivity index (χ1n) is 41.0. The van der Waals surface area contributed by atoms with Crippen molar-refractivity contribution < 1.29 is 127 Å². The van der Waals surface area contributed by atoms with Crippen LogP contribution in [0.1, 0.15) is 162 Å². The van der Waals surface area contributed by atoms with E-state index in [0.717, 1.165) is 116 Å². The molecule has 0 aliphatic carbocycles. The number of ether oxygens (including phenoxy) is 8. The van der Waals surface area contributed by atoms with Crippen LogP contribution in [0.3, 0.4) is 0 Å². The Morgan fingerprint density at radius 2 is 1.30 bits per heavy atom. The number of nitrogens with one attached hydrogen (secondary N) is 8. The number of primary amides is 1. The third kappa shape index (κ3) is 21.9. The molecule has 7 aliphatic heterocycles. The lowest BCUT2D eigenvalue weighted by Gasteiger charge is -2.48. The Morgan fingerprint density at radius 1 is 0.656 bits per heavy atom. The van der Waals surface area contributed by atoms with Crippen molar-refractivity contribution in [1.29, 1.82) is 0 Å². The molecular weight excluding hydrogens is 1670 g/mol. The molecule has 11 bridgehead atoms. The maximum absolute atomic E-state index is 16.3. The molecule has 0 aromatic heterocycles. The molecule has 670 valence electrons. The number of aliphatic carboxylic acids is 1. The summed E-state index contributed by atoms with van der Waals surface area (Å²) >= 11 is 14.4. The number of phenols is 3. The molecule has 0 spiro atoms. The van der Waals surface area contributed by atoms with E-state index in [2.05, 4.69) is 49.5 Å². The lowest BCUT2D eigenvalue weighted by atomic mass is 9.84. The van der Waals surface area contributed by atoms with E-state index in [0.29, 0.717) is 18.1 Å². The molecule has 125 heavy (non-hydrogen) atoms. The lowest BCUT2D eigenvalue weighted by molar-refractivity contribution is -0.334. The highest BCUT2D eigenvalue weighted by Gasteiger charge is 2.52. The van der Waals surface area contributed by atoms with Crippen LogP contribution in [0.4, 0.5) is 0 Å². The van der Waals surface area contributed by atoms with Gasteiger partial charge in [-0.3, -0.25) is 33.6 Å². The van der Waals surface area contributed by atoms with E-state index < -0.39 is 237 Å². The molecule has 7 heterocycles. The Hall–Kier alpha value is -11.2. The van der Waals surface area contributed by atoms with Crippen LogP contribution < -0.4 is 72.0 Å². The van der Waals surface area contributed by atoms with E-state index in [1.54, 1.807) is 19.9 Å². The van der Waals surface area contributed by atoms with Crippen LogP contribution in [-0.2, 0) is 65.7 Å². The fourth-order valence-corrected chi connectivity index (χ4v) is 16.1. The standard InChI is InChI=1S/C88H103Cl2N9O26/c1-7-8-9-10-11-15-26-118-61-28-44(18-23-60(61)119-40-43-16-13-12-14-17-43)38-93-88(5)37-66(120-42(4)79(88)109)124-78-76(108)75(107)64(39-100)123-87(78)125-77-62-32-48-33-63(77)122-59-25-21-47(31-53(59)90)74(106)72-85(115)97-70(86(116)117)51-34-49(101)35-57(103)67(51)50-29-45(19-22-56(50)102)68(82(112)99-72)96-83(113)69(48)95-81(111)55(36-65(91)104)94-84(114)71(98-80(110)54(92-6)27-41(2)3)73(105)46-20-24-58(121-62)52(89)30-46/h12-14,16-25,28-35,41-42,54-55,64,66,68-76,78-79,87,92-93,100-103,105-109H,7-11,15,26-27,36-40H2,1-6H3,(H2,91,104)(H,94,114)(H,95,111)(H,96,113)(H,97,115)(H,98,110)(H,99,112)(H,116,117)/t42-,54+,55-,64+,66-,68+,69+,70-,71+,72-,73+,74+,75+,76-,78+,79+,87-,88-/m0/s1. The Bertz CT molecular complexity index is 5110. The Morgan fingerprint density at radius 3 is 1.95 bits per heavy atom. The second-order valence-corrected chi connectivity index (χ2v) is 33.0. The molecule has 37 heteroatoms. The van der Waals surface area contributed by atoms with Gasteiger partial charge in [-0.1, -0.05) is 131 Å². The number of amides is 7. The van der Waals surface area contributed by atoms with Gasteiger partial charge < -0.3 is 137 Å². The van der Waals surface area contributed by atoms with Gasteiger partial charge in [0.25, 0.3) is 0 Å². The van der Waals surface area contributed by atoms with Crippen molar-refractivity contribution in [3.63, 3.8) is 0 Å². The predicted molar refractivity (Wildman–Crippen MR) is 448 cm³/mol. The molecule has 7 aromatic carbocycles. The normalized spacial score (nSPS) is 26.0. The molecular formula is C88H103Cl2N9O26. The number of unbranched alkanes of at least 4 members (excludes halogenated alkanes) is 5. The second kappa shape index (κ2) is 40.9. The first-order valence-corrected chi connectivity index (χ1v) is 41.7. The molecule has 0 saturated carbocycles. The Kier molecular flexibility index (Phi) is 30.4. The van der Waals surface area contributed by atoms with Crippen molar-refractivity contribution in [3.05, 3.63) is 176 Å². The number of aliphatic hydroxyl groups excluding tert-OH is 6. The number of rotatable bonds is 27. The highest BCUT2D eigenvalue weighted by Crippen LogP contribution is 2.50. The number of halogens is 2. The van der Waals surface area contributed by atoms with Gasteiger partial charge in [0, 0.05) is 41.3 Å². The second-order valence-electron chi connectivity index (χ2n) is 32.2. The van der Waals surface area contributed by atoms with Crippen LogP contribution in [0.15, 0.2) is 127 Å². The number of nitrogens with two attached hydrogens (primary N) is 1. The van der Waals surface area contributed by atoms with E-state index in [-0.39, 0.29) is 59.4 Å². The summed E-state index contributed by atoms with van der Waals surface area (Å²) in [5.41, 5.74) is 3.30. The van der Waals surface area contributed by atoms with Crippen molar-refractivity contribution in [2.45, 2.75) is 215 Å². The van der Waals surface area contributed by atoms with Gasteiger partial charge in [-0.25, -0.2) is 4.79 Å². The molecule has 14 rings (SSSR count). The van der Waals surface area contributed by atoms with Gasteiger partial charge in [0.05, 0.1) is 47.9 Å². The smallest absolute Gasteiger partial charge is 0.330 e. The Labute approximate surface area is 728 Å². The van der Waals surface area contributed by atoms with Crippen molar-refractivity contribution in [2.75, 3.05) is 20.3 Å². The van der Waals surface area contributed by atoms with E-state index in [1.807, 2.05) is 56.3 Å². The molecule has 0 radical (unpaired) electrons. The van der Waals surface area contributed by atoms with Crippen LogP contribution in [0.2, 0.25) is 10.0 Å². The highest BCUT2D eigenvalue weighted by atomic mass is 35.5. The van der Waals surface area contributed by atoms with Crippen LogP contribution in [0.5, 0.6) is 57.5 Å². The third-order valence-electron chi connectivity index (χ3n) is 22.4. The van der Waals surface area contributed by atoms with Gasteiger partial charge in [-0.15, -0.1) is 0 Å². The summed E-state index contributed by atoms with van der Waals surface area (Å²) in [5, 5.41) is 138. The molecule has 18 atom stereocenters. The van der Waals surface area contributed by atoms with E-state index in [9.17, 15) is 65.4 Å². The van der Waals surface area contributed by atoms with E-state index in [4.69, 9.17) is 66.8 Å². The summed E-state index contributed by atoms with van der Waals surface area (Å²) < 4.78 is 52.5. The van der Waals surface area contributed by atoms with Gasteiger partial charge >= 0.3 is 5.97 Å². The number of likely N-dealkylation sites (N-methyl/N-ethyl adjacent to an activating group) is 1. The average molecular weight is 1770 g/mol. The minimum atomic E-state index is -2.37. The van der Waals surface area contributed by atoms with Gasteiger partial charge in [-0.2, -0.15) is 0 Å². The van der Waals surface area contributed by atoms with Gasteiger partial charge in [-0.05, 0) is 140 Å². The van der Waals surface area contributed by atoms with Gasteiger partial charge in [0.2, 0.25) is 53.4 Å². The van der Waals surface area contributed by atoms with Crippen LogP contribution in [0.25, 0.3) is 11.1 Å². The maximum atomic E-state index is 16.3. The van der Waals surface area contributed by atoms with Crippen LogP contribution in [0, 0.1) is 5.92 Å². The summed E-state index contributed by atoms with van der Waals surface area (Å²) in [6.07, 6.45) is -12.7. The minimum absolute atomic E-state index is 0.111. The predicted octanol–water partition coefficient (Wildman–Crippen LogP) is 6.26. The number of aromatic hydroxyl groups is 3. The SMILES string of the molecule is CCCCCCCCOc1cc(CN[C@@]2(C)C[C@H](O[C@H]3[C@H](Oc4c5cc6cc4Oc4ccc(cc4Cl)[C@@H](O)[C@@H](NC(=O)[C@@H](CC(C)C)NC)C(=O)N[C@@H](CC(N)=O)C(=O)N[C@H]6C(=O)N[C@H]4C(=O)N[C@H](C(=O)N[C@H](C(=O)O)c6cc(O)cc(O)c6-c6cc4ccc6O)[C@H](O)c4ccc(c(Cl)c4)O5)O[C@H](CO)[C@@H](O)[C@@H]3O)O[C@@H](C)[C@H]2O)ccc1OCc1ccccc1. The van der Waals surface area contributed by atoms with Gasteiger partial charge in [0.15, 0.2) is 41.4 Å².